The lowest BCUT2D eigenvalue weighted by Gasteiger charge is -2.19. The van der Waals surface area contributed by atoms with Crippen LogP contribution in [0.3, 0.4) is 0 Å². The van der Waals surface area contributed by atoms with E-state index >= 15 is 0 Å². The topological polar surface area (TPSA) is 58.7 Å². The number of aromatic nitrogens is 2. The number of nitrogens with zero attached hydrogens (tertiary/aromatic N) is 3. The highest BCUT2D eigenvalue weighted by Gasteiger charge is 2.14. The fourth-order valence-corrected chi connectivity index (χ4v) is 2.29. The first kappa shape index (κ1) is 16.0. The first-order chi connectivity index (χ1) is 10.2. The molecule has 0 radical (unpaired) electrons. The van der Waals surface area contributed by atoms with Gasteiger partial charge in [-0.05, 0) is 36.0 Å². The minimum absolute atomic E-state index is 0.0992. The molecule has 0 aliphatic carbocycles. The first-order valence-corrected chi connectivity index (χ1v) is 7.32. The van der Waals surface area contributed by atoms with Crippen LogP contribution in [0.25, 0.3) is 0 Å². The maximum atomic E-state index is 12.3. The van der Waals surface area contributed by atoms with E-state index in [1.165, 1.54) is 10.2 Å². The summed E-state index contributed by atoms with van der Waals surface area (Å²) in [6, 6.07) is 10.2. The summed E-state index contributed by atoms with van der Waals surface area (Å²) in [5.74, 6) is 0. The van der Waals surface area contributed by atoms with Crippen LogP contribution in [0.2, 0.25) is 0 Å². The highest BCUT2D eigenvalue weighted by molar-refractivity contribution is 5.36. The third-order valence-electron chi connectivity index (χ3n) is 3.90. The Hall–Kier alpha value is -2.41. The molecule has 22 heavy (non-hydrogen) atoms. The van der Waals surface area contributed by atoms with E-state index in [-0.39, 0.29) is 16.5 Å². The van der Waals surface area contributed by atoms with Crippen LogP contribution in [-0.2, 0) is 12.0 Å². The highest BCUT2D eigenvalue weighted by Crippen LogP contribution is 2.22. The summed E-state index contributed by atoms with van der Waals surface area (Å²) in [4.78, 5) is 12.3. The second kappa shape index (κ2) is 5.76. The van der Waals surface area contributed by atoms with E-state index in [1.807, 2.05) is 25.1 Å². The third-order valence-corrected chi connectivity index (χ3v) is 3.90. The van der Waals surface area contributed by atoms with Crippen molar-refractivity contribution in [1.29, 1.82) is 5.26 Å². The fraction of sp³-hybridized carbons (Fsp3) is 0.389. The predicted molar refractivity (Wildman–Crippen MR) is 86.9 cm³/mol. The Balaban J connectivity index is 2.38. The Kier molecular flexibility index (Phi) is 4.18. The highest BCUT2D eigenvalue weighted by atomic mass is 16.1. The molecule has 0 aliphatic heterocycles. The minimum Gasteiger partial charge on any atom is -0.266 e. The van der Waals surface area contributed by atoms with E-state index in [0.29, 0.717) is 17.8 Å². The molecule has 0 bridgehead atoms. The molecule has 0 saturated heterocycles. The second-order valence-corrected chi connectivity index (χ2v) is 6.61. The summed E-state index contributed by atoms with van der Waals surface area (Å²) in [6.07, 6.45) is 0. The molecule has 0 saturated carbocycles. The average Bonchev–Trinajstić information content (AvgIpc) is 2.45. The van der Waals surface area contributed by atoms with E-state index < -0.39 is 0 Å². The molecule has 2 rings (SSSR count). The normalized spacial score (nSPS) is 11.3. The molecular formula is C18H21N3O. The molecule has 0 N–H and O–H groups in total. The Bertz CT molecular complexity index is 787. The van der Waals surface area contributed by atoms with Crippen LogP contribution in [0, 0.1) is 25.2 Å². The number of hydrogen-bond acceptors (Lipinski definition) is 3. The molecule has 0 fully saturated rings. The molecule has 1 heterocycles. The number of hydrogen-bond donors (Lipinski definition) is 0. The molecule has 0 spiro atoms. The molecule has 0 amide bonds. The van der Waals surface area contributed by atoms with Gasteiger partial charge < -0.3 is 0 Å². The van der Waals surface area contributed by atoms with Crippen molar-refractivity contribution < 1.29 is 0 Å². The summed E-state index contributed by atoms with van der Waals surface area (Å²) in [7, 11) is 0. The Morgan fingerprint density at radius 1 is 1.18 bits per heavy atom. The zero-order valence-corrected chi connectivity index (χ0v) is 13.8. The number of aryl methyl sites for hydroxylation is 1. The van der Waals surface area contributed by atoms with Crippen LogP contribution in [-0.4, -0.2) is 9.78 Å². The van der Waals surface area contributed by atoms with Crippen molar-refractivity contribution in [3.8, 4) is 6.07 Å². The first-order valence-electron chi connectivity index (χ1n) is 7.32. The number of nitriles is 1. The maximum Gasteiger partial charge on any atom is 0.285 e. The van der Waals surface area contributed by atoms with Gasteiger partial charge in [-0.15, -0.1) is 0 Å². The summed E-state index contributed by atoms with van der Waals surface area (Å²) < 4.78 is 1.37. The SMILES string of the molecule is Cc1nn(Cc2ccc(C(C)(C)C)cc2)c(=O)c(C#N)c1C. The molecule has 1 aromatic heterocycles. The van der Waals surface area contributed by atoms with Crippen LogP contribution in [0.15, 0.2) is 29.1 Å². The van der Waals surface area contributed by atoms with Gasteiger partial charge in [-0.3, -0.25) is 4.79 Å². The molecule has 1 aromatic carbocycles. The monoisotopic (exact) mass is 295 g/mol. The van der Waals surface area contributed by atoms with Gasteiger partial charge in [0.25, 0.3) is 5.56 Å². The van der Waals surface area contributed by atoms with E-state index in [0.717, 1.165) is 5.56 Å². The molecule has 4 nitrogen and oxygen atoms in total. The van der Waals surface area contributed by atoms with E-state index in [2.05, 4.69) is 38.0 Å². The van der Waals surface area contributed by atoms with Gasteiger partial charge in [-0.25, -0.2) is 4.68 Å². The molecule has 2 aromatic rings. The van der Waals surface area contributed by atoms with Gasteiger partial charge in [-0.2, -0.15) is 10.4 Å². The van der Waals surface area contributed by atoms with E-state index in [4.69, 9.17) is 5.26 Å². The summed E-state index contributed by atoms with van der Waals surface area (Å²) in [5.41, 5.74) is 3.56. The average molecular weight is 295 g/mol. The molecule has 0 atom stereocenters. The molecule has 0 aliphatic rings. The lowest BCUT2D eigenvalue weighted by Crippen LogP contribution is -2.28. The van der Waals surface area contributed by atoms with Gasteiger partial charge in [0.1, 0.15) is 11.6 Å². The largest absolute Gasteiger partial charge is 0.285 e. The van der Waals surface area contributed by atoms with Gasteiger partial charge in [0.05, 0.1) is 12.2 Å². The van der Waals surface area contributed by atoms with Crippen LogP contribution in [0.1, 0.15) is 48.7 Å². The Morgan fingerprint density at radius 3 is 2.27 bits per heavy atom. The van der Waals surface area contributed by atoms with Crippen molar-refractivity contribution in [2.75, 3.05) is 0 Å². The van der Waals surface area contributed by atoms with Gasteiger partial charge in [0.15, 0.2) is 0 Å². The minimum atomic E-state index is -0.328. The molecule has 114 valence electrons. The third kappa shape index (κ3) is 3.09. The van der Waals surface area contributed by atoms with Crippen molar-refractivity contribution in [2.24, 2.45) is 0 Å². The van der Waals surface area contributed by atoms with Gasteiger partial charge in [0.2, 0.25) is 0 Å². The van der Waals surface area contributed by atoms with Crippen LogP contribution < -0.4 is 5.56 Å². The second-order valence-electron chi connectivity index (χ2n) is 6.61. The summed E-state index contributed by atoms with van der Waals surface area (Å²) >= 11 is 0. The van der Waals surface area contributed by atoms with Crippen molar-refractivity contribution in [3.63, 3.8) is 0 Å². The van der Waals surface area contributed by atoms with Gasteiger partial charge >= 0.3 is 0 Å². The predicted octanol–water partition coefficient (Wildman–Crippen LogP) is 3.08. The smallest absolute Gasteiger partial charge is 0.266 e. The van der Waals surface area contributed by atoms with Gasteiger partial charge in [0, 0.05) is 0 Å². The zero-order valence-electron chi connectivity index (χ0n) is 13.8. The lowest BCUT2D eigenvalue weighted by molar-refractivity contribution is 0.588. The summed E-state index contributed by atoms with van der Waals surface area (Å²) in [5, 5.41) is 13.4. The molecular weight excluding hydrogens is 274 g/mol. The summed E-state index contributed by atoms with van der Waals surface area (Å²) in [6.45, 7) is 10.4. The van der Waals surface area contributed by atoms with Gasteiger partial charge in [-0.1, -0.05) is 45.0 Å². The quantitative estimate of drug-likeness (QED) is 0.855. The maximum absolute atomic E-state index is 12.3. The van der Waals surface area contributed by atoms with E-state index in [9.17, 15) is 4.79 Å². The Morgan fingerprint density at radius 2 is 1.77 bits per heavy atom. The van der Waals surface area contributed by atoms with Crippen LogP contribution >= 0.6 is 0 Å². The fourth-order valence-electron chi connectivity index (χ4n) is 2.29. The van der Waals surface area contributed by atoms with Crippen LogP contribution in [0.5, 0.6) is 0 Å². The molecule has 0 unspecified atom stereocenters. The zero-order chi connectivity index (χ0) is 16.5. The molecule has 4 heteroatoms. The van der Waals surface area contributed by atoms with Crippen molar-refractivity contribution >= 4 is 0 Å². The van der Waals surface area contributed by atoms with Crippen molar-refractivity contribution in [3.05, 3.63) is 62.6 Å². The lowest BCUT2D eigenvalue weighted by atomic mass is 9.87. The Labute approximate surface area is 131 Å². The van der Waals surface area contributed by atoms with Crippen LogP contribution in [0.4, 0.5) is 0 Å². The number of rotatable bonds is 2. The standard InChI is InChI=1S/C18H21N3O/c1-12-13(2)20-21(17(22)16(12)10-19)11-14-6-8-15(9-7-14)18(3,4)5/h6-9H,11H2,1-5H3. The van der Waals surface area contributed by atoms with Crippen molar-refractivity contribution in [1.82, 2.24) is 9.78 Å². The number of benzene rings is 1. The van der Waals surface area contributed by atoms with E-state index in [1.54, 1.807) is 6.92 Å². The van der Waals surface area contributed by atoms with Crippen molar-refractivity contribution in [2.45, 2.75) is 46.6 Å².